The predicted octanol–water partition coefficient (Wildman–Crippen LogP) is -1.51. The lowest BCUT2D eigenvalue weighted by molar-refractivity contribution is -0.650. The fraction of sp³-hybridized carbons (Fsp3) is 0.900. The zero-order chi connectivity index (χ0) is 10.9. The van der Waals surface area contributed by atoms with Crippen LogP contribution in [0.2, 0.25) is 0 Å². The van der Waals surface area contributed by atoms with Crippen molar-refractivity contribution in [3.63, 3.8) is 0 Å². The lowest BCUT2D eigenvalue weighted by atomic mass is 10.2. The zero-order valence-electron chi connectivity index (χ0n) is 9.33. The van der Waals surface area contributed by atoms with Crippen molar-refractivity contribution in [2.24, 2.45) is 0 Å². The molecular formula is C10H21N2O3+. The number of carbonyl (C=O) groups is 1. The summed E-state index contributed by atoms with van der Waals surface area (Å²) in [5, 5.41) is 4.77. The highest BCUT2D eigenvalue weighted by Gasteiger charge is 2.17. The molecule has 0 aromatic rings. The average molecular weight is 217 g/mol. The molecule has 0 spiro atoms. The maximum absolute atomic E-state index is 11.3. The van der Waals surface area contributed by atoms with Crippen molar-refractivity contribution in [3.8, 4) is 0 Å². The molecule has 1 atom stereocenters. The first-order valence-corrected chi connectivity index (χ1v) is 5.52. The summed E-state index contributed by atoms with van der Waals surface area (Å²) in [4.78, 5) is 11.3. The molecule has 5 heteroatoms. The molecule has 5 nitrogen and oxygen atoms in total. The van der Waals surface area contributed by atoms with Gasteiger partial charge in [0.25, 0.3) is 5.91 Å². The number of nitrogens with one attached hydrogen (secondary N) is 1. The third-order valence-corrected chi connectivity index (χ3v) is 2.41. The van der Waals surface area contributed by atoms with E-state index in [1.807, 2.05) is 5.32 Å². The van der Waals surface area contributed by atoms with Gasteiger partial charge in [0.2, 0.25) is 0 Å². The van der Waals surface area contributed by atoms with Crippen LogP contribution in [0.4, 0.5) is 0 Å². The molecule has 0 radical (unpaired) electrons. The smallest absolute Gasteiger partial charge is 0.275 e. The molecule has 3 N–H and O–H groups in total. The standard InChI is InChI=1S/C10H20N2O3/c1-14-6-4-12-10(13)8-11-7-9-3-2-5-15-9/h9,11H,2-8H2,1H3,(H,12,13)/p+1/t9-/m1/s1. The summed E-state index contributed by atoms with van der Waals surface area (Å²) in [7, 11) is 1.62. The third-order valence-electron chi connectivity index (χ3n) is 2.41. The maximum atomic E-state index is 11.3. The molecule has 1 amide bonds. The van der Waals surface area contributed by atoms with Gasteiger partial charge in [-0.15, -0.1) is 0 Å². The molecule has 0 aromatic heterocycles. The van der Waals surface area contributed by atoms with Crippen LogP contribution in [0, 0.1) is 0 Å². The van der Waals surface area contributed by atoms with E-state index in [0.717, 1.165) is 26.0 Å². The Hall–Kier alpha value is -0.650. The summed E-state index contributed by atoms with van der Waals surface area (Å²) in [6.07, 6.45) is 2.62. The number of ether oxygens (including phenoxy) is 2. The van der Waals surface area contributed by atoms with Gasteiger partial charge in [-0.05, 0) is 12.8 Å². The lowest BCUT2D eigenvalue weighted by Crippen LogP contribution is -2.88. The van der Waals surface area contributed by atoms with Crippen LogP contribution < -0.4 is 10.6 Å². The van der Waals surface area contributed by atoms with Gasteiger partial charge in [0.05, 0.1) is 6.61 Å². The Kier molecular flexibility index (Phi) is 6.31. The summed E-state index contributed by atoms with van der Waals surface area (Å²) in [6, 6.07) is 0. The highest BCUT2D eigenvalue weighted by atomic mass is 16.5. The quantitative estimate of drug-likeness (QED) is 0.510. The average Bonchev–Trinajstić information content (AvgIpc) is 2.71. The summed E-state index contributed by atoms with van der Waals surface area (Å²) in [5.74, 6) is 0.0602. The Bertz CT molecular complexity index is 182. The Morgan fingerprint density at radius 1 is 1.67 bits per heavy atom. The van der Waals surface area contributed by atoms with Crippen LogP contribution in [0.3, 0.4) is 0 Å². The number of hydrogen-bond acceptors (Lipinski definition) is 3. The van der Waals surface area contributed by atoms with E-state index in [1.165, 1.54) is 0 Å². The summed E-state index contributed by atoms with van der Waals surface area (Å²) < 4.78 is 10.3. The maximum Gasteiger partial charge on any atom is 0.275 e. The Balaban J connectivity index is 1.91. The Labute approximate surface area is 90.5 Å². The molecule has 1 heterocycles. The topological polar surface area (TPSA) is 64.2 Å². The Morgan fingerprint density at radius 3 is 3.20 bits per heavy atom. The van der Waals surface area contributed by atoms with E-state index < -0.39 is 0 Å². The lowest BCUT2D eigenvalue weighted by Gasteiger charge is -2.08. The van der Waals surface area contributed by atoms with E-state index in [2.05, 4.69) is 5.32 Å². The molecule has 0 aliphatic carbocycles. The largest absolute Gasteiger partial charge is 0.383 e. The number of methoxy groups -OCH3 is 1. The number of quaternary nitrogens is 1. The molecule has 1 aliphatic rings. The fourth-order valence-corrected chi connectivity index (χ4v) is 1.60. The molecule has 88 valence electrons. The van der Waals surface area contributed by atoms with Crippen molar-refractivity contribution >= 4 is 5.91 Å². The minimum atomic E-state index is 0.0602. The monoisotopic (exact) mass is 217 g/mol. The van der Waals surface area contributed by atoms with E-state index in [4.69, 9.17) is 9.47 Å². The van der Waals surface area contributed by atoms with Gasteiger partial charge in [-0.25, -0.2) is 0 Å². The van der Waals surface area contributed by atoms with Crippen LogP contribution in [0.5, 0.6) is 0 Å². The molecular weight excluding hydrogens is 196 g/mol. The van der Waals surface area contributed by atoms with Crippen LogP contribution in [0.25, 0.3) is 0 Å². The first kappa shape index (κ1) is 12.4. The highest BCUT2D eigenvalue weighted by molar-refractivity contribution is 5.76. The molecule has 1 aliphatic heterocycles. The van der Waals surface area contributed by atoms with Crippen LogP contribution in [-0.2, 0) is 14.3 Å². The van der Waals surface area contributed by atoms with Crippen molar-refractivity contribution in [1.82, 2.24) is 5.32 Å². The van der Waals surface area contributed by atoms with Crippen molar-refractivity contribution in [2.45, 2.75) is 18.9 Å². The van der Waals surface area contributed by atoms with Crippen molar-refractivity contribution < 1.29 is 19.6 Å². The first-order valence-electron chi connectivity index (χ1n) is 5.52. The summed E-state index contributed by atoms with van der Waals surface area (Å²) >= 11 is 0. The second-order valence-corrected chi connectivity index (χ2v) is 3.71. The van der Waals surface area contributed by atoms with Gasteiger partial charge < -0.3 is 20.1 Å². The molecule has 1 saturated heterocycles. The molecule has 0 saturated carbocycles. The van der Waals surface area contributed by atoms with E-state index in [0.29, 0.717) is 25.8 Å². The molecule has 0 aromatic carbocycles. The van der Waals surface area contributed by atoms with Gasteiger partial charge in [0.15, 0.2) is 6.54 Å². The minimum absolute atomic E-state index is 0.0602. The molecule has 15 heavy (non-hydrogen) atoms. The van der Waals surface area contributed by atoms with Gasteiger partial charge in [-0.1, -0.05) is 0 Å². The van der Waals surface area contributed by atoms with Gasteiger partial charge in [0.1, 0.15) is 12.6 Å². The molecule has 1 rings (SSSR count). The Morgan fingerprint density at radius 2 is 2.53 bits per heavy atom. The van der Waals surface area contributed by atoms with Crippen LogP contribution >= 0.6 is 0 Å². The van der Waals surface area contributed by atoms with Gasteiger partial charge >= 0.3 is 0 Å². The van der Waals surface area contributed by atoms with Crippen LogP contribution in [0.1, 0.15) is 12.8 Å². The number of amides is 1. The van der Waals surface area contributed by atoms with Crippen molar-refractivity contribution in [3.05, 3.63) is 0 Å². The van der Waals surface area contributed by atoms with E-state index in [-0.39, 0.29) is 5.91 Å². The fourth-order valence-electron chi connectivity index (χ4n) is 1.60. The minimum Gasteiger partial charge on any atom is -0.383 e. The second kappa shape index (κ2) is 7.62. The van der Waals surface area contributed by atoms with Crippen molar-refractivity contribution in [1.29, 1.82) is 0 Å². The number of hydrogen-bond donors (Lipinski definition) is 2. The van der Waals surface area contributed by atoms with Gasteiger partial charge in [0, 0.05) is 20.3 Å². The van der Waals surface area contributed by atoms with Crippen LogP contribution in [-0.4, -0.2) is 52.0 Å². The number of nitrogens with two attached hydrogens (primary N) is 1. The van der Waals surface area contributed by atoms with Crippen LogP contribution in [0.15, 0.2) is 0 Å². The summed E-state index contributed by atoms with van der Waals surface area (Å²) in [5.41, 5.74) is 0. The molecule has 0 unspecified atom stereocenters. The highest BCUT2D eigenvalue weighted by Crippen LogP contribution is 2.08. The zero-order valence-corrected chi connectivity index (χ0v) is 9.33. The third kappa shape index (κ3) is 5.71. The molecule has 0 bridgehead atoms. The van der Waals surface area contributed by atoms with E-state index in [9.17, 15) is 4.79 Å². The number of carbonyl (C=O) groups excluding carboxylic acids is 1. The summed E-state index contributed by atoms with van der Waals surface area (Å²) in [6.45, 7) is 3.39. The SMILES string of the molecule is COCCNC(=O)C[NH2+]C[C@H]1CCCO1. The number of rotatable bonds is 7. The van der Waals surface area contributed by atoms with Gasteiger partial charge in [-0.3, -0.25) is 4.79 Å². The second-order valence-electron chi connectivity index (χ2n) is 3.71. The molecule has 1 fully saturated rings. The predicted molar refractivity (Wildman–Crippen MR) is 55.5 cm³/mol. The van der Waals surface area contributed by atoms with Crippen molar-refractivity contribution in [2.75, 3.05) is 40.0 Å². The van der Waals surface area contributed by atoms with E-state index in [1.54, 1.807) is 7.11 Å². The van der Waals surface area contributed by atoms with E-state index >= 15 is 0 Å². The van der Waals surface area contributed by atoms with Gasteiger partial charge in [-0.2, -0.15) is 0 Å². The first-order chi connectivity index (χ1) is 7.33. The normalized spacial score (nSPS) is 20.5.